The van der Waals surface area contributed by atoms with Crippen molar-refractivity contribution in [3.63, 3.8) is 0 Å². The van der Waals surface area contributed by atoms with Gasteiger partial charge >= 0.3 is 5.97 Å². The third kappa shape index (κ3) is 4.50. The molecule has 3 aromatic rings. The van der Waals surface area contributed by atoms with E-state index < -0.39 is 11.9 Å². The van der Waals surface area contributed by atoms with E-state index in [2.05, 4.69) is 5.32 Å². The molecule has 0 aliphatic rings. The molecule has 0 saturated heterocycles. The number of carbonyl (C=O) groups is 2. The average Bonchev–Trinajstić information content (AvgIpc) is 2.69. The predicted molar refractivity (Wildman–Crippen MR) is 111 cm³/mol. The first-order valence-electron chi connectivity index (χ1n) is 8.64. The molecule has 1 amide bonds. The molecule has 6 heteroatoms. The Morgan fingerprint density at radius 1 is 0.964 bits per heavy atom. The molecule has 3 aromatic carbocycles. The molecule has 0 radical (unpaired) electrons. The molecule has 5 nitrogen and oxygen atoms in total. The number of amides is 1. The number of carbonyl (C=O) groups excluding carboxylic acids is 1. The zero-order chi connectivity index (χ0) is 20.1. The summed E-state index contributed by atoms with van der Waals surface area (Å²) in [6.45, 7) is 0.562. The van der Waals surface area contributed by atoms with E-state index >= 15 is 0 Å². The van der Waals surface area contributed by atoms with Crippen molar-refractivity contribution in [1.29, 1.82) is 0 Å². The fourth-order valence-corrected chi connectivity index (χ4v) is 3.13. The Morgan fingerprint density at radius 2 is 1.64 bits per heavy atom. The lowest BCUT2D eigenvalue weighted by molar-refractivity contribution is 0.0697. The SMILES string of the molecule is CN(Cc1ccccc1)c1ccc(NC(=O)c2ccccc2Cl)cc1C(=O)O. The summed E-state index contributed by atoms with van der Waals surface area (Å²) in [6, 6.07) is 21.3. The summed E-state index contributed by atoms with van der Waals surface area (Å²) in [5.74, 6) is -1.46. The lowest BCUT2D eigenvalue weighted by Gasteiger charge is -2.22. The Bertz CT molecular complexity index is 1010. The van der Waals surface area contributed by atoms with E-state index in [0.29, 0.717) is 28.5 Å². The molecular weight excluding hydrogens is 376 g/mol. The van der Waals surface area contributed by atoms with Crippen molar-refractivity contribution < 1.29 is 14.7 Å². The van der Waals surface area contributed by atoms with Gasteiger partial charge < -0.3 is 15.3 Å². The number of hydrogen-bond acceptors (Lipinski definition) is 3. The number of aromatic carboxylic acids is 1. The highest BCUT2D eigenvalue weighted by molar-refractivity contribution is 6.34. The number of nitrogens with one attached hydrogen (secondary N) is 1. The van der Waals surface area contributed by atoms with Crippen LogP contribution >= 0.6 is 11.6 Å². The number of rotatable bonds is 6. The van der Waals surface area contributed by atoms with Gasteiger partial charge in [0, 0.05) is 19.3 Å². The number of carboxylic acid groups (broad SMARTS) is 1. The summed E-state index contributed by atoms with van der Waals surface area (Å²) in [5.41, 5.74) is 2.45. The molecule has 0 heterocycles. The number of carboxylic acids is 1. The number of benzene rings is 3. The molecule has 0 aliphatic carbocycles. The van der Waals surface area contributed by atoms with Crippen molar-refractivity contribution >= 4 is 34.9 Å². The molecule has 0 aromatic heterocycles. The Kier molecular flexibility index (Phi) is 5.96. The van der Waals surface area contributed by atoms with Crippen LogP contribution in [0, 0.1) is 0 Å². The summed E-state index contributed by atoms with van der Waals surface area (Å²) < 4.78 is 0. The van der Waals surface area contributed by atoms with Crippen LogP contribution in [0.5, 0.6) is 0 Å². The number of halogens is 1. The Morgan fingerprint density at radius 3 is 2.32 bits per heavy atom. The molecule has 0 saturated carbocycles. The Labute approximate surface area is 168 Å². The second kappa shape index (κ2) is 8.59. The third-order valence-corrected chi connectivity index (χ3v) is 4.61. The summed E-state index contributed by atoms with van der Waals surface area (Å²) >= 11 is 6.05. The van der Waals surface area contributed by atoms with E-state index in [1.807, 2.05) is 42.3 Å². The first-order valence-corrected chi connectivity index (χ1v) is 9.02. The Balaban J connectivity index is 1.84. The van der Waals surface area contributed by atoms with Crippen LogP contribution in [0.1, 0.15) is 26.3 Å². The predicted octanol–water partition coefficient (Wildman–Crippen LogP) is 4.93. The van der Waals surface area contributed by atoms with Gasteiger partial charge in [0.2, 0.25) is 0 Å². The average molecular weight is 395 g/mol. The first-order chi connectivity index (χ1) is 13.5. The van der Waals surface area contributed by atoms with Gasteiger partial charge in [-0.3, -0.25) is 4.79 Å². The molecule has 0 spiro atoms. The molecule has 0 unspecified atom stereocenters. The van der Waals surface area contributed by atoms with Gasteiger partial charge in [0.1, 0.15) is 0 Å². The van der Waals surface area contributed by atoms with Crippen LogP contribution in [0.2, 0.25) is 5.02 Å². The molecule has 0 fully saturated rings. The smallest absolute Gasteiger partial charge is 0.337 e. The second-order valence-corrected chi connectivity index (χ2v) is 6.72. The molecule has 28 heavy (non-hydrogen) atoms. The summed E-state index contributed by atoms with van der Waals surface area (Å²) in [7, 11) is 1.83. The molecule has 2 N–H and O–H groups in total. The van der Waals surface area contributed by atoms with Gasteiger partial charge in [0.25, 0.3) is 5.91 Å². The van der Waals surface area contributed by atoms with Crippen molar-refractivity contribution in [2.45, 2.75) is 6.54 Å². The molecule has 0 bridgehead atoms. The van der Waals surface area contributed by atoms with Gasteiger partial charge in [-0.25, -0.2) is 4.79 Å². The zero-order valence-corrected chi connectivity index (χ0v) is 16.0. The highest BCUT2D eigenvalue weighted by atomic mass is 35.5. The van der Waals surface area contributed by atoms with E-state index in [0.717, 1.165) is 5.56 Å². The molecule has 0 atom stereocenters. The van der Waals surface area contributed by atoms with E-state index in [9.17, 15) is 14.7 Å². The quantitative estimate of drug-likeness (QED) is 0.622. The largest absolute Gasteiger partial charge is 0.478 e. The molecule has 142 valence electrons. The van der Waals surface area contributed by atoms with Crippen LogP contribution in [0.4, 0.5) is 11.4 Å². The summed E-state index contributed by atoms with van der Waals surface area (Å²) in [6.07, 6.45) is 0. The minimum Gasteiger partial charge on any atom is -0.478 e. The number of nitrogens with zero attached hydrogens (tertiary/aromatic N) is 1. The van der Waals surface area contributed by atoms with Crippen LogP contribution in [0.3, 0.4) is 0 Å². The summed E-state index contributed by atoms with van der Waals surface area (Å²) in [5, 5.41) is 12.7. The van der Waals surface area contributed by atoms with Gasteiger partial charge in [-0.2, -0.15) is 0 Å². The standard InChI is InChI=1S/C22H19ClN2O3/c1-25(14-15-7-3-2-4-8-15)20-12-11-16(13-18(20)22(27)28)24-21(26)17-9-5-6-10-19(17)23/h2-13H,14H2,1H3,(H,24,26)(H,27,28). The lowest BCUT2D eigenvalue weighted by Crippen LogP contribution is -2.20. The second-order valence-electron chi connectivity index (χ2n) is 6.31. The van der Waals surface area contributed by atoms with Crippen molar-refractivity contribution in [2.24, 2.45) is 0 Å². The third-order valence-electron chi connectivity index (χ3n) is 4.28. The van der Waals surface area contributed by atoms with Crippen LogP contribution in [-0.2, 0) is 6.54 Å². The fraction of sp³-hybridized carbons (Fsp3) is 0.0909. The molecular formula is C22H19ClN2O3. The van der Waals surface area contributed by atoms with Crippen molar-refractivity contribution in [2.75, 3.05) is 17.3 Å². The normalized spacial score (nSPS) is 10.4. The minimum absolute atomic E-state index is 0.107. The van der Waals surface area contributed by atoms with Gasteiger partial charge in [0.15, 0.2) is 0 Å². The van der Waals surface area contributed by atoms with Gasteiger partial charge in [0.05, 0.1) is 21.8 Å². The first kappa shape index (κ1) is 19.5. The number of hydrogen-bond donors (Lipinski definition) is 2. The van der Waals surface area contributed by atoms with Crippen LogP contribution in [-0.4, -0.2) is 24.0 Å². The van der Waals surface area contributed by atoms with E-state index in [-0.39, 0.29) is 5.56 Å². The maximum atomic E-state index is 12.4. The maximum Gasteiger partial charge on any atom is 0.337 e. The summed E-state index contributed by atoms with van der Waals surface area (Å²) in [4.78, 5) is 26.1. The molecule has 0 aliphatic heterocycles. The van der Waals surface area contributed by atoms with Gasteiger partial charge in [-0.05, 0) is 35.9 Å². The Hall–Kier alpha value is -3.31. The highest BCUT2D eigenvalue weighted by Crippen LogP contribution is 2.26. The number of anilines is 2. The maximum absolute atomic E-state index is 12.4. The molecule has 3 rings (SSSR count). The lowest BCUT2D eigenvalue weighted by atomic mass is 10.1. The topological polar surface area (TPSA) is 69.6 Å². The van der Waals surface area contributed by atoms with Gasteiger partial charge in [-0.1, -0.05) is 54.1 Å². The van der Waals surface area contributed by atoms with E-state index in [1.165, 1.54) is 6.07 Å². The van der Waals surface area contributed by atoms with Crippen LogP contribution in [0.15, 0.2) is 72.8 Å². The fourth-order valence-electron chi connectivity index (χ4n) is 2.90. The minimum atomic E-state index is -1.07. The van der Waals surface area contributed by atoms with Crippen molar-refractivity contribution in [3.8, 4) is 0 Å². The monoisotopic (exact) mass is 394 g/mol. The van der Waals surface area contributed by atoms with Crippen molar-refractivity contribution in [3.05, 3.63) is 94.5 Å². The van der Waals surface area contributed by atoms with Gasteiger partial charge in [-0.15, -0.1) is 0 Å². The van der Waals surface area contributed by atoms with E-state index in [4.69, 9.17) is 11.6 Å². The van der Waals surface area contributed by atoms with E-state index in [1.54, 1.807) is 36.4 Å². The zero-order valence-electron chi connectivity index (χ0n) is 15.2. The van der Waals surface area contributed by atoms with Crippen molar-refractivity contribution in [1.82, 2.24) is 0 Å². The van der Waals surface area contributed by atoms with Crippen LogP contribution < -0.4 is 10.2 Å². The highest BCUT2D eigenvalue weighted by Gasteiger charge is 2.16. The van der Waals surface area contributed by atoms with Crippen LogP contribution in [0.25, 0.3) is 0 Å².